The van der Waals surface area contributed by atoms with Crippen molar-refractivity contribution in [1.82, 2.24) is 25.2 Å². The molecule has 33 heavy (non-hydrogen) atoms. The summed E-state index contributed by atoms with van der Waals surface area (Å²) in [6, 6.07) is 10.1. The molecule has 3 aromatic heterocycles. The lowest BCUT2D eigenvalue weighted by Gasteiger charge is -2.29. The lowest BCUT2D eigenvalue weighted by Crippen LogP contribution is -2.42. The number of para-hydroxylation sites is 1. The van der Waals surface area contributed by atoms with Gasteiger partial charge in [-0.25, -0.2) is 9.48 Å². The monoisotopic (exact) mass is 451 g/mol. The van der Waals surface area contributed by atoms with Gasteiger partial charge < -0.3 is 19.6 Å². The fourth-order valence-corrected chi connectivity index (χ4v) is 3.49. The highest BCUT2D eigenvalue weighted by molar-refractivity contribution is 5.94. The number of esters is 1. The molecule has 0 aliphatic heterocycles. The van der Waals surface area contributed by atoms with Crippen LogP contribution in [-0.2, 0) is 15.1 Å². The highest BCUT2D eigenvalue weighted by Crippen LogP contribution is 2.36. The van der Waals surface area contributed by atoms with Crippen LogP contribution in [0.5, 0.6) is 5.75 Å². The molecule has 0 saturated carbocycles. The lowest BCUT2D eigenvalue weighted by molar-refractivity contribution is -0.148. The van der Waals surface area contributed by atoms with E-state index in [1.54, 1.807) is 37.3 Å². The van der Waals surface area contributed by atoms with Crippen molar-refractivity contribution < 1.29 is 23.5 Å². The number of fused-ring (bicyclic) bond motifs is 1. The van der Waals surface area contributed by atoms with Gasteiger partial charge in [0.05, 0.1) is 32.1 Å². The minimum Gasteiger partial charge on any atom is -0.496 e. The molecular formula is C21H21N7O5. The molecule has 0 saturated heterocycles. The van der Waals surface area contributed by atoms with E-state index >= 15 is 0 Å². The van der Waals surface area contributed by atoms with Crippen LogP contribution < -0.4 is 21.3 Å². The number of hydrazine groups is 1. The normalized spacial score (nSPS) is 12.7. The standard InChI is InChI=1S/C21H21N7O5/c1-21(19(30)32-3,13-7-4-5-8-14(13)31-2)28-17-12(11-23-28)16(24-20(22)25-17)26-27-18(29)15-9-6-10-33-15/h4-11H,1-3H3,(H,27,29)(H3,22,24,25,26). The van der Waals surface area contributed by atoms with Gasteiger partial charge in [0, 0.05) is 5.56 Å². The van der Waals surface area contributed by atoms with Gasteiger partial charge in [-0.05, 0) is 25.1 Å². The van der Waals surface area contributed by atoms with Gasteiger partial charge in [-0.2, -0.15) is 15.1 Å². The summed E-state index contributed by atoms with van der Waals surface area (Å²) in [5, 5.41) is 4.80. The van der Waals surface area contributed by atoms with Gasteiger partial charge in [-0.15, -0.1) is 0 Å². The van der Waals surface area contributed by atoms with Crippen molar-refractivity contribution >= 4 is 34.7 Å². The molecule has 1 atom stereocenters. The predicted molar refractivity (Wildman–Crippen MR) is 117 cm³/mol. The summed E-state index contributed by atoms with van der Waals surface area (Å²) in [5.41, 5.74) is 10.4. The number of benzene rings is 1. The minimum atomic E-state index is -1.46. The number of hydrogen-bond donors (Lipinski definition) is 3. The zero-order valence-electron chi connectivity index (χ0n) is 18.0. The molecule has 0 radical (unpaired) electrons. The van der Waals surface area contributed by atoms with Crippen LogP contribution in [0.25, 0.3) is 11.0 Å². The number of rotatable bonds is 7. The van der Waals surface area contributed by atoms with Gasteiger partial charge in [-0.1, -0.05) is 18.2 Å². The summed E-state index contributed by atoms with van der Waals surface area (Å²) in [4.78, 5) is 33.7. The Morgan fingerprint density at radius 1 is 1.15 bits per heavy atom. The van der Waals surface area contributed by atoms with Gasteiger partial charge in [0.15, 0.2) is 22.8 Å². The number of nitrogens with zero attached hydrogens (tertiary/aromatic N) is 4. The second-order valence-electron chi connectivity index (χ2n) is 7.04. The van der Waals surface area contributed by atoms with Crippen LogP contribution in [0.3, 0.4) is 0 Å². The quantitative estimate of drug-likeness (QED) is 0.279. The molecule has 0 bridgehead atoms. The van der Waals surface area contributed by atoms with Crippen molar-refractivity contribution in [3.8, 4) is 5.75 Å². The molecule has 1 unspecified atom stereocenters. The Morgan fingerprint density at radius 3 is 2.64 bits per heavy atom. The largest absolute Gasteiger partial charge is 0.496 e. The Morgan fingerprint density at radius 2 is 1.94 bits per heavy atom. The van der Waals surface area contributed by atoms with Crippen molar-refractivity contribution in [3.05, 3.63) is 60.2 Å². The van der Waals surface area contributed by atoms with Crippen LogP contribution >= 0.6 is 0 Å². The number of furan rings is 1. The molecule has 12 nitrogen and oxygen atoms in total. The van der Waals surface area contributed by atoms with Crippen molar-refractivity contribution in [2.75, 3.05) is 25.4 Å². The van der Waals surface area contributed by atoms with E-state index in [1.807, 2.05) is 0 Å². The van der Waals surface area contributed by atoms with E-state index < -0.39 is 17.4 Å². The Kier molecular flexibility index (Phi) is 5.56. The highest BCUT2D eigenvalue weighted by Gasteiger charge is 2.43. The third kappa shape index (κ3) is 3.67. The summed E-state index contributed by atoms with van der Waals surface area (Å²) >= 11 is 0. The molecule has 4 rings (SSSR count). The van der Waals surface area contributed by atoms with E-state index in [2.05, 4.69) is 25.9 Å². The third-order valence-electron chi connectivity index (χ3n) is 5.12. The maximum atomic E-state index is 13.1. The summed E-state index contributed by atoms with van der Waals surface area (Å²) in [7, 11) is 2.78. The van der Waals surface area contributed by atoms with E-state index in [4.69, 9.17) is 19.6 Å². The summed E-state index contributed by atoms with van der Waals surface area (Å²) < 4.78 is 17.0. The number of carbonyl (C=O) groups excluding carboxylic acids is 2. The maximum Gasteiger partial charge on any atom is 0.338 e. The topological polar surface area (TPSA) is 159 Å². The van der Waals surface area contributed by atoms with Gasteiger partial charge in [0.2, 0.25) is 5.95 Å². The fourth-order valence-electron chi connectivity index (χ4n) is 3.49. The van der Waals surface area contributed by atoms with Crippen LogP contribution in [0, 0.1) is 0 Å². The van der Waals surface area contributed by atoms with Crippen molar-refractivity contribution in [2.45, 2.75) is 12.5 Å². The van der Waals surface area contributed by atoms with Crippen molar-refractivity contribution in [2.24, 2.45) is 0 Å². The number of amides is 1. The lowest BCUT2D eigenvalue weighted by atomic mass is 9.91. The van der Waals surface area contributed by atoms with E-state index in [0.29, 0.717) is 16.7 Å². The molecule has 0 aliphatic rings. The predicted octanol–water partition coefficient (Wildman–Crippen LogP) is 1.70. The first-order chi connectivity index (χ1) is 15.9. The highest BCUT2D eigenvalue weighted by atomic mass is 16.5. The van der Waals surface area contributed by atoms with Crippen LogP contribution in [0.15, 0.2) is 53.3 Å². The first-order valence-electron chi connectivity index (χ1n) is 9.73. The molecule has 0 spiro atoms. The molecule has 170 valence electrons. The SMILES string of the molecule is COC(=O)C(C)(c1ccccc1OC)n1ncc2c(NNC(=O)c3ccco3)nc(N)nc21. The summed E-state index contributed by atoms with van der Waals surface area (Å²) in [6.07, 6.45) is 2.83. The number of nitrogen functional groups attached to an aromatic ring is 1. The van der Waals surface area contributed by atoms with Crippen LogP contribution in [-0.4, -0.2) is 45.8 Å². The van der Waals surface area contributed by atoms with Crippen LogP contribution in [0.1, 0.15) is 23.0 Å². The van der Waals surface area contributed by atoms with Crippen LogP contribution in [0.4, 0.5) is 11.8 Å². The fraction of sp³-hybridized carbons (Fsp3) is 0.190. The number of nitrogens with one attached hydrogen (secondary N) is 2. The average molecular weight is 451 g/mol. The van der Waals surface area contributed by atoms with Crippen molar-refractivity contribution in [3.63, 3.8) is 0 Å². The molecule has 3 heterocycles. The number of ether oxygens (including phenoxy) is 2. The molecule has 0 fully saturated rings. The van der Waals surface area contributed by atoms with E-state index in [9.17, 15) is 9.59 Å². The van der Waals surface area contributed by atoms with E-state index in [0.717, 1.165) is 0 Å². The van der Waals surface area contributed by atoms with Gasteiger partial charge in [-0.3, -0.25) is 15.6 Å². The average Bonchev–Trinajstić information content (AvgIpc) is 3.52. The Hall–Kier alpha value is -4.61. The minimum absolute atomic E-state index is 0.103. The van der Waals surface area contributed by atoms with Gasteiger partial charge >= 0.3 is 11.9 Å². The summed E-state index contributed by atoms with van der Waals surface area (Å²) in [5.74, 6) is -0.492. The molecule has 12 heteroatoms. The number of aromatic nitrogens is 4. The second-order valence-corrected chi connectivity index (χ2v) is 7.04. The van der Waals surface area contributed by atoms with E-state index in [1.165, 1.54) is 37.4 Å². The smallest absolute Gasteiger partial charge is 0.338 e. The zero-order valence-corrected chi connectivity index (χ0v) is 18.0. The molecule has 0 aliphatic carbocycles. The van der Waals surface area contributed by atoms with Gasteiger partial charge in [0.1, 0.15) is 5.75 Å². The Balaban J connectivity index is 1.82. The van der Waals surface area contributed by atoms with Gasteiger partial charge in [0.25, 0.3) is 0 Å². The Bertz CT molecular complexity index is 1320. The number of hydrogen-bond acceptors (Lipinski definition) is 10. The number of nitrogens with two attached hydrogens (primary N) is 1. The molecule has 1 aromatic carbocycles. The summed E-state index contributed by atoms with van der Waals surface area (Å²) in [6.45, 7) is 1.63. The Labute approximate surface area is 187 Å². The first-order valence-corrected chi connectivity index (χ1v) is 9.73. The van der Waals surface area contributed by atoms with Crippen molar-refractivity contribution in [1.29, 1.82) is 0 Å². The van der Waals surface area contributed by atoms with Crippen LogP contribution in [0.2, 0.25) is 0 Å². The maximum absolute atomic E-state index is 13.1. The molecule has 4 aromatic rings. The molecule has 4 N–H and O–H groups in total. The number of anilines is 2. The van der Waals surface area contributed by atoms with E-state index in [-0.39, 0.29) is 23.2 Å². The first kappa shape index (κ1) is 21.6. The number of methoxy groups -OCH3 is 2. The number of carbonyl (C=O) groups is 2. The molecule has 1 amide bonds. The third-order valence-corrected chi connectivity index (χ3v) is 5.12. The molecular weight excluding hydrogens is 430 g/mol. The second kappa shape index (κ2) is 8.49. The zero-order chi connectivity index (χ0) is 23.6.